The summed E-state index contributed by atoms with van der Waals surface area (Å²) in [4.78, 5) is 6.03. The second kappa shape index (κ2) is 4.86. The Kier molecular flexibility index (Phi) is 3.27. The van der Waals surface area contributed by atoms with E-state index in [4.69, 9.17) is 5.73 Å². The van der Waals surface area contributed by atoms with Crippen LogP contribution >= 0.6 is 15.9 Å². The summed E-state index contributed by atoms with van der Waals surface area (Å²) in [6.45, 7) is 0.734. The Morgan fingerprint density at radius 3 is 2.67 bits per heavy atom. The van der Waals surface area contributed by atoms with Crippen molar-refractivity contribution in [2.45, 2.75) is 19.3 Å². The van der Waals surface area contributed by atoms with E-state index in [1.165, 1.54) is 6.20 Å². The standard InChI is InChI=1S/C11H10BrF3N6/c12-7-3-6(16)4-17-9(7)20-1-2-21-8(5-20)18-19-10(21)11(13,14)15/h3-4H,1-2,5,16H2. The Hall–Kier alpha value is -1.84. The lowest BCUT2D eigenvalue weighted by Crippen LogP contribution is -2.36. The lowest BCUT2D eigenvalue weighted by atomic mass is 10.3. The monoisotopic (exact) mass is 362 g/mol. The second-order valence-electron chi connectivity index (χ2n) is 4.58. The molecule has 21 heavy (non-hydrogen) atoms. The van der Waals surface area contributed by atoms with Gasteiger partial charge in [-0.1, -0.05) is 0 Å². The molecule has 0 atom stereocenters. The molecule has 10 heteroatoms. The van der Waals surface area contributed by atoms with Crippen LogP contribution in [0, 0.1) is 0 Å². The van der Waals surface area contributed by atoms with E-state index in [-0.39, 0.29) is 18.9 Å². The lowest BCUT2D eigenvalue weighted by molar-refractivity contribution is -0.147. The Labute approximate surface area is 125 Å². The Bertz CT molecular complexity index is 683. The zero-order valence-corrected chi connectivity index (χ0v) is 12.2. The number of fused-ring (bicyclic) bond motifs is 1. The molecule has 0 spiro atoms. The maximum atomic E-state index is 12.8. The molecular weight excluding hydrogens is 353 g/mol. The minimum absolute atomic E-state index is 0.148. The molecule has 0 fully saturated rings. The van der Waals surface area contributed by atoms with Crippen LogP contribution in [0.25, 0.3) is 0 Å². The van der Waals surface area contributed by atoms with Gasteiger partial charge in [0.15, 0.2) is 5.82 Å². The molecule has 0 saturated carbocycles. The number of hydrogen-bond acceptors (Lipinski definition) is 5. The zero-order valence-electron chi connectivity index (χ0n) is 10.6. The van der Waals surface area contributed by atoms with Gasteiger partial charge >= 0.3 is 6.18 Å². The third-order valence-electron chi connectivity index (χ3n) is 3.15. The molecule has 6 nitrogen and oxygen atoms in total. The Morgan fingerprint density at radius 2 is 2.00 bits per heavy atom. The van der Waals surface area contributed by atoms with E-state index in [9.17, 15) is 13.2 Å². The molecule has 3 heterocycles. The van der Waals surface area contributed by atoms with Gasteiger partial charge in [0.1, 0.15) is 5.82 Å². The normalized spacial score (nSPS) is 15.1. The average Bonchev–Trinajstić information content (AvgIpc) is 2.81. The van der Waals surface area contributed by atoms with Gasteiger partial charge in [-0.2, -0.15) is 13.2 Å². The fourth-order valence-electron chi connectivity index (χ4n) is 2.23. The molecule has 2 N–H and O–H groups in total. The highest BCUT2D eigenvalue weighted by Gasteiger charge is 2.39. The van der Waals surface area contributed by atoms with Crippen LogP contribution in [0.2, 0.25) is 0 Å². The van der Waals surface area contributed by atoms with Crippen LogP contribution in [0.5, 0.6) is 0 Å². The molecule has 0 amide bonds. The molecule has 0 radical (unpaired) electrons. The highest BCUT2D eigenvalue weighted by atomic mass is 79.9. The Morgan fingerprint density at radius 1 is 1.24 bits per heavy atom. The third kappa shape index (κ3) is 2.55. The van der Waals surface area contributed by atoms with Gasteiger partial charge in [0.2, 0.25) is 5.82 Å². The summed E-state index contributed by atoms with van der Waals surface area (Å²) in [6, 6.07) is 1.70. The van der Waals surface area contributed by atoms with Crippen LogP contribution in [0.15, 0.2) is 16.7 Å². The topological polar surface area (TPSA) is 72.9 Å². The maximum absolute atomic E-state index is 12.8. The van der Waals surface area contributed by atoms with Crippen LogP contribution < -0.4 is 10.6 Å². The zero-order chi connectivity index (χ0) is 15.2. The van der Waals surface area contributed by atoms with Gasteiger partial charge in [-0.25, -0.2) is 4.98 Å². The second-order valence-corrected chi connectivity index (χ2v) is 5.44. The van der Waals surface area contributed by atoms with E-state index in [0.717, 1.165) is 4.57 Å². The lowest BCUT2D eigenvalue weighted by Gasteiger charge is -2.29. The minimum atomic E-state index is -4.49. The van der Waals surface area contributed by atoms with E-state index >= 15 is 0 Å². The molecule has 2 aromatic rings. The molecule has 1 aliphatic rings. The van der Waals surface area contributed by atoms with Gasteiger partial charge in [0.25, 0.3) is 0 Å². The van der Waals surface area contributed by atoms with Crippen molar-refractivity contribution in [3.8, 4) is 0 Å². The molecule has 0 unspecified atom stereocenters. The molecule has 2 aromatic heterocycles. The van der Waals surface area contributed by atoms with Gasteiger partial charge in [-0.3, -0.25) is 0 Å². The predicted molar refractivity (Wildman–Crippen MR) is 72.4 cm³/mol. The average molecular weight is 363 g/mol. The Balaban J connectivity index is 1.90. The number of rotatable bonds is 1. The van der Waals surface area contributed by atoms with E-state index in [1.54, 1.807) is 6.07 Å². The maximum Gasteiger partial charge on any atom is 0.451 e. The number of hydrogen-bond donors (Lipinski definition) is 1. The van der Waals surface area contributed by atoms with E-state index < -0.39 is 12.0 Å². The first-order chi connectivity index (χ1) is 9.86. The first-order valence-electron chi connectivity index (χ1n) is 6.01. The highest BCUT2D eigenvalue weighted by Crippen LogP contribution is 2.32. The number of nitrogens with zero attached hydrogens (tertiary/aromatic N) is 5. The van der Waals surface area contributed by atoms with Crippen LogP contribution in [0.4, 0.5) is 24.7 Å². The quantitative estimate of drug-likeness (QED) is 0.840. The summed E-state index contributed by atoms with van der Waals surface area (Å²) in [5, 5.41) is 6.87. The number of pyridine rings is 1. The van der Waals surface area contributed by atoms with Crippen LogP contribution in [-0.4, -0.2) is 26.3 Å². The number of aromatic nitrogens is 4. The van der Waals surface area contributed by atoms with E-state index in [1.807, 2.05) is 4.90 Å². The van der Waals surface area contributed by atoms with Crippen LogP contribution in [0.1, 0.15) is 11.6 Å². The molecule has 3 rings (SSSR count). The molecule has 112 valence electrons. The van der Waals surface area contributed by atoms with Crippen molar-refractivity contribution in [2.24, 2.45) is 0 Å². The van der Waals surface area contributed by atoms with Crippen molar-refractivity contribution >= 4 is 27.4 Å². The van der Waals surface area contributed by atoms with Crippen LogP contribution in [-0.2, 0) is 19.3 Å². The minimum Gasteiger partial charge on any atom is -0.397 e. The van der Waals surface area contributed by atoms with Crippen LogP contribution in [0.3, 0.4) is 0 Å². The summed E-state index contributed by atoms with van der Waals surface area (Å²) in [6.07, 6.45) is -2.99. The van der Waals surface area contributed by atoms with E-state index in [0.29, 0.717) is 22.5 Å². The molecule has 1 aliphatic heterocycles. The molecule has 0 bridgehead atoms. The van der Waals surface area contributed by atoms with Crippen molar-refractivity contribution in [1.82, 2.24) is 19.7 Å². The van der Waals surface area contributed by atoms with Crippen molar-refractivity contribution in [3.05, 3.63) is 28.4 Å². The summed E-state index contributed by atoms with van der Waals surface area (Å²) in [5.74, 6) is -0.0763. The summed E-state index contributed by atoms with van der Waals surface area (Å²) >= 11 is 3.35. The van der Waals surface area contributed by atoms with Gasteiger partial charge in [0.05, 0.1) is 22.9 Å². The smallest absolute Gasteiger partial charge is 0.397 e. The van der Waals surface area contributed by atoms with Crippen molar-refractivity contribution < 1.29 is 13.2 Å². The largest absolute Gasteiger partial charge is 0.451 e. The molecular formula is C11H10BrF3N6. The fourth-order valence-corrected chi connectivity index (χ4v) is 2.84. The molecule has 0 saturated heterocycles. The summed E-state index contributed by atoms with van der Waals surface area (Å²) in [5.41, 5.74) is 6.13. The highest BCUT2D eigenvalue weighted by molar-refractivity contribution is 9.10. The van der Waals surface area contributed by atoms with Gasteiger partial charge < -0.3 is 15.2 Å². The van der Waals surface area contributed by atoms with Gasteiger partial charge in [-0.15, -0.1) is 10.2 Å². The number of halogens is 4. The van der Waals surface area contributed by atoms with Crippen molar-refractivity contribution in [1.29, 1.82) is 0 Å². The number of nitrogen functional groups attached to an aromatic ring is 1. The first kappa shape index (κ1) is 14.1. The number of anilines is 2. The third-order valence-corrected chi connectivity index (χ3v) is 3.73. The molecule has 0 aromatic carbocycles. The number of nitrogens with two attached hydrogens (primary N) is 1. The van der Waals surface area contributed by atoms with Gasteiger partial charge in [0, 0.05) is 13.1 Å². The van der Waals surface area contributed by atoms with E-state index in [2.05, 4.69) is 31.1 Å². The molecule has 0 aliphatic carbocycles. The summed E-state index contributed by atoms with van der Waals surface area (Å²) in [7, 11) is 0. The predicted octanol–water partition coefficient (Wildman–Crippen LogP) is 2.06. The summed E-state index contributed by atoms with van der Waals surface area (Å²) < 4.78 is 40.1. The fraction of sp³-hybridized carbons (Fsp3) is 0.364. The van der Waals surface area contributed by atoms with Crippen molar-refractivity contribution in [3.63, 3.8) is 0 Å². The van der Waals surface area contributed by atoms with Crippen molar-refractivity contribution in [2.75, 3.05) is 17.2 Å². The number of alkyl halides is 3. The van der Waals surface area contributed by atoms with Gasteiger partial charge in [-0.05, 0) is 22.0 Å². The SMILES string of the molecule is Nc1cnc(N2CCn3c(nnc3C(F)(F)F)C2)c(Br)c1. The first-order valence-corrected chi connectivity index (χ1v) is 6.81.